The van der Waals surface area contributed by atoms with Crippen LogP contribution >= 0.6 is 0 Å². The average molecular weight is 291 g/mol. The Balaban J connectivity index is 2.62. The molecule has 0 unspecified atom stereocenters. The maximum absolute atomic E-state index is 5.31. The van der Waals surface area contributed by atoms with Crippen LogP contribution in [0.25, 0.3) is 0 Å². The lowest BCUT2D eigenvalue weighted by Gasteiger charge is -2.27. The van der Waals surface area contributed by atoms with Crippen molar-refractivity contribution in [2.75, 3.05) is 27.2 Å². The second-order valence-electron chi connectivity index (χ2n) is 5.82. The van der Waals surface area contributed by atoms with E-state index in [4.69, 9.17) is 4.74 Å². The summed E-state index contributed by atoms with van der Waals surface area (Å²) in [6, 6.07) is 8.23. The summed E-state index contributed by atoms with van der Waals surface area (Å²) in [6.07, 6.45) is 2.33. The number of guanidine groups is 1. The summed E-state index contributed by atoms with van der Waals surface area (Å²) in [7, 11) is 3.50. The molecule has 4 nitrogen and oxygen atoms in total. The predicted octanol–water partition coefficient (Wildman–Crippen LogP) is 2.94. The van der Waals surface area contributed by atoms with Crippen molar-refractivity contribution in [3.8, 4) is 5.75 Å². The molecule has 0 saturated carbocycles. The summed E-state index contributed by atoms with van der Waals surface area (Å²) in [5, 5.41) is 6.73. The minimum Gasteiger partial charge on any atom is -0.497 e. The molecule has 0 amide bonds. The van der Waals surface area contributed by atoms with E-state index in [2.05, 4.69) is 48.5 Å². The van der Waals surface area contributed by atoms with E-state index in [0.717, 1.165) is 31.2 Å². The van der Waals surface area contributed by atoms with Gasteiger partial charge in [0.25, 0.3) is 0 Å². The Bertz CT molecular complexity index is 455. The summed E-state index contributed by atoms with van der Waals surface area (Å²) < 4.78 is 5.31. The van der Waals surface area contributed by atoms with Crippen LogP contribution < -0.4 is 15.4 Å². The highest BCUT2D eigenvalue weighted by atomic mass is 16.5. The summed E-state index contributed by atoms with van der Waals surface area (Å²) in [5.41, 5.74) is 1.25. The molecule has 0 aliphatic carbocycles. The molecule has 4 heteroatoms. The predicted molar refractivity (Wildman–Crippen MR) is 90.3 cm³/mol. The molecule has 1 aromatic rings. The summed E-state index contributed by atoms with van der Waals surface area (Å²) in [4.78, 5) is 4.26. The summed E-state index contributed by atoms with van der Waals surface area (Å²) in [5.74, 6) is 1.76. The molecule has 0 heterocycles. The largest absolute Gasteiger partial charge is 0.497 e. The van der Waals surface area contributed by atoms with Gasteiger partial charge in [-0.15, -0.1) is 0 Å². The Morgan fingerprint density at radius 2 is 2.05 bits per heavy atom. The Labute approximate surface area is 129 Å². The number of nitrogens with one attached hydrogen (secondary N) is 2. The van der Waals surface area contributed by atoms with Crippen LogP contribution in [-0.4, -0.2) is 33.2 Å². The van der Waals surface area contributed by atoms with Gasteiger partial charge in [0.05, 0.1) is 7.11 Å². The third-order valence-electron chi connectivity index (χ3n) is 3.60. The normalized spacial score (nSPS) is 12.1. The average Bonchev–Trinajstić information content (AvgIpc) is 2.50. The minimum atomic E-state index is -0.00306. The maximum atomic E-state index is 5.31. The van der Waals surface area contributed by atoms with E-state index in [-0.39, 0.29) is 5.41 Å². The van der Waals surface area contributed by atoms with Crippen molar-refractivity contribution >= 4 is 5.96 Å². The zero-order valence-electron chi connectivity index (χ0n) is 14.0. The van der Waals surface area contributed by atoms with E-state index in [0.29, 0.717) is 0 Å². The number of unbranched alkanes of at least 4 members (excludes halogenated alkanes) is 1. The lowest BCUT2D eigenvalue weighted by atomic mass is 9.84. The number of methoxy groups -OCH3 is 1. The van der Waals surface area contributed by atoms with Crippen LogP contribution in [0.4, 0.5) is 0 Å². The number of nitrogens with zero attached hydrogens (tertiary/aromatic N) is 1. The topological polar surface area (TPSA) is 45.7 Å². The van der Waals surface area contributed by atoms with E-state index in [9.17, 15) is 0 Å². The number of hydrogen-bond donors (Lipinski definition) is 2. The van der Waals surface area contributed by atoms with Gasteiger partial charge in [-0.1, -0.05) is 39.3 Å². The molecule has 0 saturated heterocycles. The Morgan fingerprint density at radius 1 is 1.29 bits per heavy atom. The van der Waals surface area contributed by atoms with Crippen LogP contribution in [0.3, 0.4) is 0 Å². The van der Waals surface area contributed by atoms with E-state index >= 15 is 0 Å². The van der Waals surface area contributed by atoms with E-state index in [1.165, 1.54) is 12.0 Å². The van der Waals surface area contributed by atoms with Gasteiger partial charge < -0.3 is 15.4 Å². The van der Waals surface area contributed by atoms with Gasteiger partial charge in [-0.05, 0) is 24.1 Å². The molecule has 21 heavy (non-hydrogen) atoms. The Hall–Kier alpha value is -1.71. The molecule has 1 rings (SSSR count). The molecular formula is C17H29N3O. The molecule has 0 bridgehead atoms. The Kier molecular flexibility index (Phi) is 7.06. The molecule has 0 fully saturated rings. The van der Waals surface area contributed by atoms with Crippen LogP contribution in [0.1, 0.15) is 39.2 Å². The fraction of sp³-hybridized carbons (Fsp3) is 0.588. The highest BCUT2D eigenvalue weighted by Crippen LogP contribution is 2.25. The van der Waals surface area contributed by atoms with Crippen LogP contribution in [0.15, 0.2) is 29.3 Å². The van der Waals surface area contributed by atoms with Crippen molar-refractivity contribution in [1.82, 2.24) is 10.6 Å². The first-order valence-electron chi connectivity index (χ1n) is 7.62. The monoisotopic (exact) mass is 291 g/mol. The standard InChI is InChI=1S/C17H29N3O/c1-6-7-11-19-16(18-4)20-13-17(2,3)14-9-8-10-15(12-14)21-5/h8-10,12H,6-7,11,13H2,1-5H3,(H2,18,19,20). The number of hydrogen-bond acceptors (Lipinski definition) is 2. The quantitative estimate of drug-likeness (QED) is 0.461. The van der Waals surface area contributed by atoms with Gasteiger partial charge in [0.1, 0.15) is 5.75 Å². The number of aliphatic imine (C=N–C) groups is 1. The first kappa shape index (κ1) is 17.3. The van der Waals surface area contributed by atoms with E-state index in [1.807, 2.05) is 12.1 Å². The third kappa shape index (κ3) is 5.66. The van der Waals surface area contributed by atoms with Crippen molar-refractivity contribution in [2.45, 2.75) is 39.0 Å². The van der Waals surface area contributed by atoms with Crippen LogP contribution in [0.5, 0.6) is 5.75 Å². The molecule has 118 valence electrons. The maximum Gasteiger partial charge on any atom is 0.191 e. The first-order chi connectivity index (χ1) is 10.0. The highest BCUT2D eigenvalue weighted by Gasteiger charge is 2.21. The van der Waals surface area contributed by atoms with Gasteiger partial charge >= 0.3 is 0 Å². The number of benzene rings is 1. The molecule has 0 radical (unpaired) electrons. The molecule has 0 spiro atoms. The number of ether oxygens (including phenoxy) is 1. The third-order valence-corrected chi connectivity index (χ3v) is 3.60. The molecule has 1 aromatic carbocycles. The second-order valence-corrected chi connectivity index (χ2v) is 5.82. The molecule has 0 atom stereocenters. The van der Waals surface area contributed by atoms with E-state index < -0.39 is 0 Å². The van der Waals surface area contributed by atoms with Gasteiger partial charge in [0.2, 0.25) is 0 Å². The highest BCUT2D eigenvalue weighted by molar-refractivity contribution is 5.79. The Morgan fingerprint density at radius 3 is 2.67 bits per heavy atom. The lowest BCUT2D eigenvalue weighted by Crippen LogP contribution is -2.43. The molecule has 0 aliphatic heterocycles. The SMILES string of the molecule is CCCCNC(=NC)NCC(C)(C)c1cccc(OC)c1. The van der Waals surface area contributed by atoms with Gasteiger partial charge in [-0.2, -0.15) is 0 Å². The van der Waals surface area contributed by atoms with Crippen LogP contribution in [-0.2, 0) is 5.41 Å². The van der Waals surface area contributed by atoms with Gasteiger partial charge in [-0.3, -0.25) is 4.99 Å². The van der Waals surface area contributed by atoms with Gasteiger partial charge in [0.15, 0.2) is 5.96 Å². The lowest BCUT2D eigenvalue weighted by molar-refractivity contribution is 0.411. The second kappa shape index (κ2) is 8.55. The minimum absolute atomic E-state index is 0.00306. The van der Waals surface area contributed by atoms with Crippen molar-refractivity contribution in [1.29, 1.82) is 0 Å². The fourth-order valence-corrected chi connectivity index (χ4v) is 2.05. The van der Waals surface area contributed by atoms with E-state index in [1.54, 1.807) is 14.2 Å². The van der Waals surface area contributed by atoms with Gasteiger partial charge in [0, 0.05) is 25.6 Å². The molecule has 0 aromatic heterocycles. The molecule has 2 N–H and O–H groups in total. The van der Waals surface area contributed by atoms with Crippen LogP contribution in [0, 0.1) is 0 Å². The van der Waals surface area contributed by atoms with Crippen molar-refractivity contribution < 1.29 is 4.74 Å². The number of rotatable bonds is 7. The fourth-order valence-electron chi connectivity index (χ4n) is 2.05. The smallest absolute Gasteiger partial charge is 0.191 e. The van der Waals surface area contributed by atoms with Crippen LogP contribution in [0.2, 0.25) is 0 Å². The summed E-state index contributed by atoms with van der Waals surface area (Å²) >= 11 is 0. The molecular weight excluding hydrogens is 262 g/mol. The zero-order chi connectivity index (χ0) is 15.7. The first-order valence-corrected chi connectivity index (χ1v) is 7.62. The summed E-state index contributed by atoms with van der Waals surface area (Å²) in [6.45, 7) is 8.38. The van der Waals surface area contributed by atoms with Crippen molar-refractivity contribution in [3.05, 3.63) is 29.8 Å². The molecule has 0 aliphatic rings. The van der Waals surface area contributed by atoms with Gasteiger partial charge in [-0.25, -0.2) is 0 Å². The van der Waals surface area contributed by atoms with Crippen molar-refractivity contribution in [3.63, 3.8) is 0 Å². The zero-order valence-corrected chi connectivity index (χ0v) is 14.0. The van der Waals surface area contributed by atoms with Crippen molar-refractivity contribution in [2.24, 2.45) is 4.99 Å².